The molecule has 0 aromatic carbocycles. The Morgan fingerprint density at radius 1 is 1.44 bits per heavy atom. The van der Waals surface area contributed by atoms with Gasteiger partial charge in [-0.25, -0.2) is 9.78 Å². The Kier molecular flexibility index (Phi) is 0.944. The fourth-order valence-corrected chi connectivity index (χ4v) is 0.998. The topological polar surface area (TPSA) is 35.5 Å². The third-order valence-electron chi connectivity index (χ3n) is 1.50. The van der Waals surface area contributed by atoms with Crippen molar-refractivity contribution in [1.29, 1.82) is 0 Å². The van der Waals surface area contributed by atoms with E-state index in [1.807, 2.05) is 6.08 Å². The Morgan fingerprint density at radius 3 is 2.56 bits per heavy atom. The van der Waals surface area contributed by atoms with Gasteiger partial charge in [-0.15, -0.1) is 0 Å². The molecule has 9 heavy (non-hydrogen) atoms. The average Bonchev–Trinajstić information content (AvgIpc) is 1.90. The van der Waals surface area contributed by atoms with E-state index < -0.39 is 6.10 Å². The smallest absolute Gasteiger partial charge is 0.171 e. The van der Waals surface area contributed by atoms with Crippen molar-refractivity contribution < 1.29 is 14.6 Å². The molecule has 0 saturated carbocycles. The molecule has 0 aromatic rings. The highest BCUT2D eigenvalue weighted by Gasteiger charge is 2.32. The summed E-state index contributed by atoms with van der Waals surface area (Å²) in [4.78, 5) is 20.2. The molecular weight excluding hydrogens is 120 g/mol. The predicted octanol–water partition coefficient (Wildman–Crippen LogP) is 0.214. The molecule has 48 valence electrons. The molecule has 3 rings (SSSR count). The molecule has 1 aliphatic carbocycles. The van der Waals surface area contributed by atoms with Crippen LogP contribution in [0.15, 0.2) is 12.2 Å². The van der Waals surface area contributed by atoms with Gasteiger partial charge in [-0.1, -0.05) is 6.08 Å². The molecule has 0 spiro atoms. The molecule has 0 unspecified atom stereocenters. The van der Waals surface area contributed by atoms with E-state index in [9.17, 15) is 4.79 Å². The van der Waals surface area contributed by atoms with Crippen LogP contribution in [-0.2, 0) is 14.6 Å². The van der Waals surface area contributed by atoms with Crippen LogP contribution in [0.5, 0.6) is 0 Å². The zero-order valence-electron chi connectivity index (χ0n) is 4.74. The minimum absolute atomic E-state index is 0.119. The lowest BCUT2D eigenvalue weighted by molar-refractivity contribution is -0.344. The van der Waals surface area contributed by atoms with Crippen LogP contribution in [0.25, 0.3) is 0 Å². The number of Topliss-reactive ketones (excluding diaryl/α,β-unsaturated/α-hetero) is 1. The average molecular weight is 126 g/mol. The van der Waals surface area contributed by atoms with Gasteiger partial charge in [-0.3, -0.25) is 4.79 Å². The first kappa shape index (κ1) is 5.14. The first-order chi connectivity index (χ1) is 4.36. The van der Waals surface area contributed by atoms with Crippen LogP contribution in [0, 0.1) is 0 Å². The third kappa shape index (κ3) is 0.693. The summed E-state index contributed by atoms with van der Waals surface area (Å²) in [6, 6.07) is 0. The molecule has 0 radical (unpaired) electrons. The standard InChI is InChI=1S/C6H6O3/c7-5-3-4-1-2-6(5)9-8-4/h1-2,4,6H,3H2/t4-,6+/m0/s1. The molecule has 2 bridgehead atoms. The van der Waals surface area contributed by atoms with Gasteiger partial charge < -0.3 is 0 Å². The van der Waals surface area contributed by atoms with Crippen LogP contribution in [-0.4, -0.2) is 18.0 Å². The van der Waals surface area contributed by atoms with Crippen LogP contribution in [0.1, 0.15) is 6.42 Å². The molecule has 2 heterocycles. The molecule has 0 amide bonds. The maximum absolute atomic E-state index is 10.8. The Bertz CT molecular complexity index is 173. The molecule has 3 nitrogen and oxygen atoms in total. The highest BCUT2D eigenvalue weighted by Crippen LogP contribution is 2.20. The minimum atomic E-state index is -0.421. The van der Waals surface area contributed by atoms with Gasteiger partial charge in [0, 0.05) is 6.42 Å². The second-order valence-electron chi connectivity index (χ2n) is 2.21. The minimum Gasteiger partial charge on any atom is -0.296 e. The van der Waals surface area contributed by atoms with Crippen LogP contribution >= 0.6 is 0 Å². The van der Waals surface area contributed by atoms with E-state index in [2.05, 4.69) is 4.89 Å². The van der Waals surface area contributed by atoms with Gasteiger partial charge in [0.2, 0.25) is 0 Å². The summed E-state index contributed by atoms with van der Waals surface area (Å²) in [5.41, 5.74) is 0. The lowest BCUT2D eigenvalue weighted by Crippen LogP contribution is -2.38. The lowest BCUT2D eigenvalue weighted by Gasteiger charge is -2.27. The molecule has 2 atom stereocenters. The zero-order chi connectivity index (χ0) is 6.27. The highest BCUT2D eigenvalue weighted by molar-refractivity contribution is 5.87. The first-order valence-electron chi connectivity index (χ1n) is 2.89. The van der Waals surface area contributed by atoms with Gasteiger partial charge in [0.05, 0.1) is 0 Å². The fourth-order valence-electron chi connectivity index (χ4n) is 0.998. The lowest BCUT2D eigenvalue weighted by atomic mass is 10.0. The van der Waals surface area contributed by atoms with Gasteiger partial charge in [0.25, 0.3) is 0 Å². The SMILES string of the molecule is O=C1C[C@@H]2C=C[C@H]1OO2. The van der Waals surface area contributed by atoms with Crippen molar-refractivity contribution in [2.45, 2.75) is 18.6 Å². The van der Waals surface area contributed by atoms with E-state index in [1.165, 1.54) is 0 Å². The van der Waals surface area contributed by atoms with Gasteiger partial charge in [-0.2, -0.15) is 0 Å². The Hall–Kier alpha value is -0.670. The van der Waals surface area contributed by atoms with E-state index in [0.717, 1.165) is 0 Å². The van der Waals surface area contributed by atoms with Crippen LogP contribution in [0.4, 0.5) is 0 Å². The first-order valence-corrected chi connectivity index (χ1v) is 2.89. The van der Waals surface area contributed by atoms with Crippen molar-refractivity contribution in [2.24, 2.45) is 0 Å². The molecular formula is C6H6O3. The van der Waals surface area contributed by atoms with E-state index in [0.29, 0.717) is 6.42 Å². The second kappa shape index (κ2) is 1.65. The molecule has 3 heteroatoms. The summed E-state index contributed by atoms with van der Waals surface area (Å²) < 4.78 is 0. The molecule has 0 aromatic heterocycles. The van der Waals surface area contributed by atoms with Crippen LogP contribution in [0.3, 0.4) is 0 Å². The normalized spacial score (nSPS) is 39.8. The summed E-state index contributed by atoms with van der Waals surface area (Å²) in [7, 11) is 0. The van der Waals surface area contributed by atoms with E-state index >= 15 is 0 Å². The quantitative estimate of drug-likeness (QED) is 0.344. The monoisotopic (exact) mass is 126 g/mol. The maximum Gasteiger partial charge on any atom is 0.171 e. The number of fused-ring (bicyclic) bond motifs is 2. The summed E-state index contributed by atoms with van der Waals surface area (Å²) >= 11 is 0. The van der Waals surface area contributed by atoms with Gasteiger partial charge >= 0.3 is 0 Å². The Labute approximate surface area is 52.2 Å². The van der Waals surface area contributed by atoms with Crippen molar-refractivity contribution in [1.82, 2.24) is 0 Å². The molecule has 3 aliphatic rings. The second-order valence-corrected chi connectivity index (χ2v) is 2.21. The van der Waals surface area contributed by atoms with Gasteiger partial charge in [-0.05, 0) is 6.08 Å². The highest BCUT2D eigenvalue weighted by atomic mass is 17.2. The summed E-state index contributed by atoms with van der Waals surface area (Å²) in [6.45, 7) is 0. The predicted molar refractivity (Wildman–Crippen MR) is 28.5 cm³/mol. The fraction of sp³-hybridized carbons (Fsp3) is 0.500. The molecule has 2 aliphatic heterocycles. The number of rotatable bonds is 0. The van der Waals surface area contributed by atoms with Crippen molar-refractivity contribution in [2.75, 3.05) is 0 Å². The molecule has 1 saturated heterocycles. The van der Waals surface area contributed by atoms with Crippen molar-refractivity contribution >= 4 is 5.78 Å². The number of hydrogen-bond acceptors (Lipinski definition) is 3. The van der Waals surface area contributed by atoms with Crippen molar-refractivity contribution in [3.63, 3.8) is 0 Å². The Morgan fingerprint density at radius 2 is 2.33 bits per heavy atom. The van der Waals surface area contributed by atoms with E-state index in [1.54, 1.807) is 6.08 Å². The van der Waals surface area contributed by atoms with E-state index in [-0.39, 0.29) is 11.9 Å². The van der Waals surface area contributed by atoms with Gasteiger partial charge in [0.15, 0.2) is 11.9 Å². The number of carbonyl (C=O) groups excluding carboxylic acids is 1. The summed E-state index contributed by atoms with van der Waals surface area (Å²) in [6.07, 6.45) is 3.52. The summed E-state index contributed by atoms with van der Waals surface area (Å²) in [5.74, 6) is 0.119. The largest absolute Gasteiger partial charge is 0.296 e. The van der Waals surface area contributed by atoms with Crippen molar-refractivity contribution in [3.8, 4) is 0 Å². The van der Waals surface area contributed by atoms with E-state index in [4.69, 9.17) is 4.89 Å². The van der Waals surface area contributed by atoms with Crippen LogP contribution in [0.2, 0.25) is 0 Å². The van der Waals surface area contributed by atoms with Gasteiger partial charge in [0.1, 0.15) is 6.10 Å². The molecule has 0 N–H and O–H groups in total. The Balaban J connectivity index is 2.29. The van der Waals surface area contributed by atoms with Crippen molar-refractivity contribution in [3.05, 3.63) is 12.2 Å². The zero-order valence-corrected chi connectivity index (χ0v) is 4.74. The van der Waals surface area contributed by atoms with Crippen LogP contribution < -0.4 is 0 Å². The molecule has 1 fully saturated rings. The third-order valence-corrected chi connectivity index (χ3v) is 1.50. The number of ketones is 1. The number of carbonyl (C=O) groups is 1. The number of hydrogen-bond donors (Lipinski definition) is 0. The summed E-state index contributed by atoms with van der Waals surface area (Å²) in [5, 5.41) is 0. The maximum atomic E-state index is 10.8.